The molecule has 1 aromatic heterocycles. The van der Waals surface area contributed by atoms with Crippen LogP contribution in [0.25, 0.3) is 0 Å². The molecular weight excluding hydrogens is 352 g/mol. The third-order valence-corrected chi connectivity index (χ3v) is 4.93. The van der Waals surface area contributed by atoms with Gasteiger partial charge in [0, 0.05) is 29.6 Å². The summed E-state index contributed by atoms with van der Waals surface area (Å²) in [7, 11) is 3.29. The first kappa shape index (κ1) is 18.1. The van der Waals surface area contributed by atoms with Gasteiger partial charge >= 0.3 is 0 Å². The Hall–Kier alpha value is -3.28. The summed E-state index contributed by atoms with van der Waals surface area (Å²) in [5, 5.41) is 3.36. The molecule has 1 aliphatic heterocycles. The summed E-state index contributed by atoms with van der Waals surface area (Å²) in [6.07, 6.45) is 0.986. The highest BCUT2D eigenvalue weighted by atomic mass is 16.5. The summed E-state index contributed by atoms with van der Waals surface area (Å²) in [5.74, 6) is 2.88. The summed E-state index contributed by atoms with van der Waals surface area (Å²) in [6.45, 7) is 4.18. The topological polar surface area (TPSA) is 59.5 Å². The molecule has 0 aliphatic carbocycles. The summed E-state index contributed by atoms with van der Waals surface area (Å²) in [5.41, 5.74) is 4.18. The second-order valence-corrected chi connectivity index (χ2v) is 6.94. The fourth-order valence-corrected chi connectivity index (χ4v) is 3.64. The van der Waals surface area contributed by atoms with E-state index >= 15 is 0 Å². The standard InChI is InChI=1S/C22H24N4O2/c1-14-11-21(24-18-13-17(27-3)9-10-20(18)28-4)25-22(23-14)26-15(2)12-16-7-5-6-8-19(16)26/h5-11,13,15H,12H2,1-4H3,(H,23,24,25). The van der Waals surface area contributed by atoms with Crippen LogP contribution in [0.4, 0.5) is 23.1 Å². The fourth-order valence-electron chi connectivity index (χ4n) is 3.64. The first-order chi connectivity index (χ1) is 13.6. The number of anilines is 4. The van der Waals surface area contributed by atoms with Crippen molar-refractivity contribution in [3.63, 3.8) is 0 Å². The average molecular weight is 376 g/mol. The van der Waals surface area contributed by atoms with Crippen LogP contribution in [0.1, 0.15) is 18.2 Å². The Morgan fingerprint density at radius 1 is 1.04 bits per heavy atom. The predicted molar refractivity (Wildman–Crippen MR) is 111 cm³/mol. The van der Waals surface area contributed by atoms with Crippen LogP contribution in [0.5, 0.6) is 11.5 Å². The lowest BCUT2D eigenvalue weighted by atomic mass is 10.1. The monoisotopic (exact) mass is 376 g/mol. The molecule has 0 saturated carbocycles. The molecule has 6 heteroatoms. The van der Waals surface area contributed by atoms with Gasteiger partial charge in [-0.25, -0.2) is 4.98 Å². The number of aromatic nitrogens is 2. The van der Waals surface area contributed by atoms with Crippen molar-refractivity contribution >= 4 is 23.1 Å². The van der Waals surface area contributed by atoms with Crippen LogP contribution in [-0.2, 0) is 6.42 Å². The summed E-state index contributed by atoms with van der Waals surface area (Å²) >= 11 is 0. The zero-order chi connectivity index (χ0) is 19.7. The molecule has 144 valence electrons. The van der Waals surface area contributed by atoms with Crippen molar-refractivity contribution in [2.45, 2.75) is 26.3 Å². The molecule has 1 N–H and O–H groups in total. The molecule has 28 heavy (non-hydrogen) atoms. The minimum Gasteiger partial charge on any atom is -0.497 e. The van der Waals surface area contributed by atoms with Gasteiger partial charge in [-0.2, -0.15) is 4.98 Å². The highest BCUT2D eigenvalue weighted by molar-refractivity contribution is 5.70. The summed E-state index contributed by atoms with van der Waals surface area (Å²) in [4.78, 5) is 11.7. The normalized spacial score (nSPS) is 15.3. The highest BCUT2D eigenvalue weighted by Gasteiger charge is 2.29. The third kappa shape index (κ3) is 3.33. The molecule has 1 unspecified atom stereocenters. The Morgan fingerprint density at radius 3 is 2.64 bits per heavy atom. The van der Waals surface area contributed by atoms with E-state index in [1.165, 1.54) is 11.3 Å². The number of aryl methyl sites for hydroxylation is 1. The lowest BCUT2D eigenvalue weighted by molar-refractivity contribution is 0.405. The molecule has 3 aromatic rings. The fraction of sp³-hybridized carbons (Fsp3) is 0.273. The van der Waals surface area contributed by atoms with Crippen LogP contribution < -0.4 is 19.7 Å². The second kappa shape index (κ2) is 7.38. The summed E-state index contributed by atoms with van der Waals surface area (Å²) in [6, 6.07) is 16.3. The van der Waals surface area contributed by atoms with E-state index in [-0.39, 0.29) is 0 Å². The Morgan fingerprint density at radius 2 is 1.86 bits per heavy atom. The molecule has 0 amide bonds. The molecule has 2 heterocycles. The van der Waals surface area contributed by atoms with Crippen LogP contribution in [0.2, 0.25) is 0 Å². The number of nitrogens with one attached hydrogen (secondary N) is 1. The molecule has 4 rings (SSSR count). The van der Waals surface area contributed by atoms with Crippen molar-refractivity contribution in [3.8, 4) is 11.5 Å². The number of hydrogen-bond donors (Lipinski definition) is 1. The van der Waals surface area contributed by atoms with Crippen molar-refractivity contribution in [2.24, 2.45) is 0 Å². The number of hydrogen-bond acceptors (Lipinski definition) is 6. The zero-order valence-electron chi connectivity index (χ0n) is 16.6. The maximum Gasteiger partial charge on any atom is 0.232 e. The van der Waals surface area contributed by atoms with E-state index in [2.05, 4.69) is 41.4 Å². The number of methoxy groups -OCH3 is 2. The molecule has 0 spiro atoms. The molecule has 1 aliphatic rings. The van der Waals surface area contributed by atoms with Gasteiger partial charge in [0.25, 0.3) is 0 Å². The number of nitrogens with zero attached hydrogens (tertiary/aromatic N) is 3. The Kier molecular flexibility index (Phi) is 4.77. The minimum atomic E-state index is 0.304. The molecular formula is C22H24N4O2. The first-order valence-electron chi connectivity index (χ1n) is 9.31. The Labute approximate surface area is 165 Å². The van der Waals surface area contributed by atoms with Gasteiger partial charge in [0.15, 0.2) is 0 Å². The number of ether oxygens (including phenoxy) is 2. The number of fused-ring (bicyclic) bond motifs is 1. The predicted octanol–water partition coefficient (Wildman–Crippen LogP) is 4.63. The van der Waals surface area contributed by atoms with Crippen molar-refractivity contribution in [1.29, 1.82) is 0 Å². The van der Waals surface area contributed by atoms with E-state index in [1.54, 1.807) is 14.2 Å². The van der Waals surface area contributed by atoms with Gasteiger partial charge in [-0.1, -0.05) is 18.2 Å². The largest absolute Gasteiger partial charge is 0.497 e. The molecule has 0 saturated heterocycles. The van der Waals surface area contributed by atoms with Gasteiger partial charge in [0.2, 0.25) is 5.95 Å². The van der Waals surface area contributed by atoms with Gasteiger partial charge in [-0.3, -0.25) is 0 Å². The lowest BCUT2D eigenvalue weighted by Gasteiger charge is -2.23. The van der Waals surface area contributed by atoms with E-state index in [9.17, 15) is 0 Å². The minimum absolute atomic E-state index is 0.304. The van der Waals surface area contributed by atoms with Crippen LogP contribution in [-0.4, -0.2) is 30.2 Å². The molecule has 2 aromatic carbocycles. The first-order valence-corrected chi connectivity index (χ1v) is 9.31. The Balaban J connectivity index is 1.71. The van der Waals surface area contributed by atoms with Crippen molar-refractivity contribution in [2.75, 3.05) is 24.4 Å². The second-order valence-electron chi connectivity index (χ2n) is 6.94. The smallest absolute Gasteiger partial charge is 0.232 e. The Bertz CT molecular complexity index is 1010. The van der Waals surface area contributed by atoms with Crippen LogP contribution in [0.3, 0.4) is 0 Å². The third-order valence-electron chi connectivity index (χ3n) is 4.93. The summed E-state index contributed by atoms with van der Waals surface area (Å²) < 4.78 is 10.8. The molecule has 1 atom stereocenters. The van der Waals surface area contributed by atoms with E-state index in [0.29, 0.717) is 17.8 Å². The number of para-hydroxylation sites is 1. The van der Waals surface area contributed by atoms with Crippen molar-refractivity contribution in [1.82, 2.24) is 9.97 Å². The maximum atomic E-state index is 5.47. The average Bonchev–Trinajstić information content (AvgIpc) is 3.03. The van der Waals surface area contributed by atoms with Crippen LogP contribution in [0.15, 0.2) is 48.5 Å². The van der Waals surface area contributed by atoms with E-state index < -0.39 is 0 Å². The van der Waals surface area contributed by atoms with Crippen LogP contribution in [0, 0.1) is 6.92 Å². The SMILES string of the molecule is COc1ccc(OC)c(Nc2cc(C)nc(N3c4ccccc4CC3C)n2)c1. The van der Waals surface area contributed by atoms with Crippen molar-refractivity contribution < 1.29 is 9.47 Å². The van der Waals surface area contributed by atoms with Gasteiger partial charge < -0.3 is 19.7 Å². The van der Waals surface area contributed by atoms with Gasteiger partial charge in [-0.15, -0.1) is 0 Å². The zero-order valence-corrected chi connectivity index (χ0v) is 16.6. The number of benzene rings is 2. The van der Waals surface area contributed by atoms with E-state index in [1.807, 2.05) is 31.2 Å². The quantitative estimate of drug-likeness (QED) is 0.701. The molecule has 0 bridgehead atoms. The lowest BCUT2D eigenvalue weighted by Crippen LogP contribution is -2.26. The molecule has 6 nitrogen and oxygen atoms in total. The van der Waals surface area contributed by atoms with Gasteiger partial charge in [0.05, 0.1) is 19.9 Å². The van der Waals surface area contributed by atoms with Gasteiger partial charge in [0.1, 0.15) is 17.3 Å². The van der Waals surface area contributed by atoms with E-state index in [0.717, 1.165) is 29.3 Å². The van der Waals surface area contributed by atoms with E-state index in [4.69, 9.17) is 19.4 Å². The maximum absolute atomic E-state index is 5.47. The van der Waals surface area contributed by atoms with Crippen LogP contribution >= 0.6 is 0 Å². The number of rotatable bonds is 5. The molecule has 0 radical (unpaired) electrons. The van der Waals surface area contributed by atoms with Gasteiger partial charge in [-0.05, 0) is 44.0 Å². The molecule has 0 fully saturated rings. The highest BCUT2D eigenvalue weighted by Crippen LogP contribution is 2.37. The van der Waals surface area contributed by atoms with Crippen molar-refractivity contribution in [3.05, 3.63) is 59.8 Å².